The molecule has 3 rings (SSSR count). The zero-order valence-corrected chi connectivity index (χ0v) is 10.6. The molecule has 1 unspecified atom stereocenters. The topological polar surface area (TPSA) is 58.0 Å². The molecule has 0 fully saturated rings. The molecular formula is C12H14N6. The Kier molecular flexibility index (Phi) is 2.36. The van der Waals surface area contributed by atoms with E-state index in [0.29, 0.717) is 0 Å². The Morgan fingerprint density at radius 2 is 1.72 bits per heavy atom. The summed E-state index contributed by atoms with van der Waals surface area (Å²) in [5.41, 5.74) is 2.94. The molecule has 2 aromatic heterocycles. The van der Waals surface area contributed by atoms with E-state index >= 15 is 0 Å². The minimum absolute atomic E-state index is 0.168. The largest absolute Gasteiger partial charge is 0.350 e. The van der Waals surface area contributed by atoms with Crippen molar-refractivity contribution in [2.75, 3.05) is 16.8 Å². The summed E-state index contributed by atoms with van der Waals surface area (Å²) >= 11 is 0. The summed E-state index contributed by atoms with van der Waals surface area (Å²) in [6, 6.07) is 0. The van der Waals surface area contributed by atoms with Gasteiger partial charge in [-0.2, -0.15) is 0 Å². The molecule has 1 aliphatic rings. The van der Waals surface area contributed by atoms with Gasteiger partial charge < -0.3 is 9.80 Å². The summed E-state index contributed by atoms with van der Waals surface area (Å²) < 4.78 is 0. The van der Waals surface area contributed by atoms with Gasteiger partial charge in [0.15, 0.2) is 5.82 Å². The van der Waals surface area contributed by atoms with Gasteiger partial charge in [0.1, 0.15) is 24.5 Å². The number of hydrogen-bond donors (Lipinski definition) is 0. The molecule has 0 saturated carbocycles. The molecule has 1 aliphatic heterocycles. The second-order valence-corrected chi connectivity index (χ2v) is 4.34. The van der Waals surface area contributed by atoms with Crippen molar-refractivity contribution in [1.82, 2.24) is 19.9 Å². The van der Waals surface area contributed by atoms with Gasteiger partial charge in [-0.25, -0.2) is 19.9 Å². The maximum Gasteiger partial charge on any atom is 0.161 e. The van der Waals surface area contributed by atoms with Gasteiger partial charge in [-0.1, -0.05) is 0 Å². The lowest BCUT2D eigenvalue weighted by Crippen LogP contribution is -2.36. The lowest BCUT2D eigenvalue weighted by Gasteiger charge is -2.27. The molecule has 0 N–H and O–H groups in total. The molecule has 0 bridgehead atoms. The van der Waals surface area contributed by atoms with Gasteiger partial charge in [0.2, 0.25) is 0 Å². The Morgan fingerprint density at radius 3 is 2.44 bits per heavy atom. The molecule has 18 heavy (non-hydrogen) atoms. The first kappa shape index (κ1) is 10.9. The van der Waals surface area contributed by atoms with Crippen LogP contribution >= 0.6 is 0 Å². The molecule has 3 heterocycles. The first-order valence-corrected chi connectivity index (χ1v) is 5.79. The molecule has 92 valence electrons. The van der Waals surface area contributed by atoms with Gasteiger partial charge >= 0.3 is 0 Å². The van der Waals surface area contributed by atoms with Gasteiger partial charge in [0, 0.05) is 7.05 Å². The van der Waals surface area contributed by atoms with E-state index in [2.05, 4.69) is 36.7 Å². The number of rotatable bonds is 1. The molecule has 0 radical (unpaired) electrons. The monoisotopic (exact) mass is 242 g/mol. The van der Waals surface area contributed by atoms with Gasteiger partial charge in [-0.3, -0.25) is 0 Å². The number of hydrogen-bond acceptors (Lipinski definition) is 6. The van der Waals surface area contributed by atoms with Gasteiger partial charge in [-0.15, -0.1) is 0 Å². The third-order valence-corrected chi connectivity index (χ3v) is 3.36. The van der Waals surface area contributed by atoms with E-state index in [4.69, 9.17) is 0 Å². The molecular weight excluding hydrogens is 228 g/mol. The van der Waals surface area contributed by atoms with Crippen molar-refractivity contribution >= 4 is 17.2 Å². The zero-order valence-electron chi connectivity index (χ0n) is 10.6. The normalized spacial score (nSPS) is 18.1. The van der Waals surface area contributed by atoms with Crippen LogP contribution in [-0.4, -0.2) is 33.1 Å². The Labute approximate surface area is 105 Å². The van der Waals surface area contributed by atoms with Crippen molar-refractivity contribution in [2.45, 2.75) is 20.0 Å². The molecule has 6 heteroatoms. The first-order chi connectivity index (χ1) is 8.70. The number of aryl methyl sites for hydroxylation is 1. The standard InChI is InChI=1S/C12H14N6/c1-8-10(4-13-6-15-8)18-9(2)17(3)11-5-14-7-16-12(11)18/h4-7,9H,1-3H3. The summed E-state index contributed by atoms with van der Waals surface area (Å²) in [6.45, 7) is 4.09. The third kappa shape index (κ3) is 1.42. The highest BCUT2D eigenvalue weighted by Gasteiger charge is 2.33. The highest BCUT2D eigenvalue weighted by molar-refractivity contribution is 5.79. The second-order valence-electron chi connectivity index (χ2n) is 4.34. The van der Waals surface area contributed by atoms with E-state index < -0.39 is 0 Å². The van der Waals surface area contributed by atoms with Crippen molar-refractivity contribution in [2.24, 2.45) is 0 Å². The maximum absolute atomic E-state index is 4.38. The molecule has 2 aromatic rings. The van der Waals surface area contributed by atoms with E-state index in [0.717, 1.165) is 22.9 Å². The third-order valence-electron chi connectivity index (χ3n) is 3.36. The fourth-order valence-electron chi connectivity index (χ4n) is 2.24. The van der Waals surface area contributed by atoms with Crippen LogP contribution in [0.1, 0.15) is 12.6 Å². The second kappa shape index (κ2) is 3.90. The summed E-state index contributed by atoms with van der Waals surface area (Å²) in [6.07, 6.45) is 6.95. The molecule has 0 aliphatic carbocycles. The number of anilines is 3. The Bertz CT molecular complexity index is 584. The van der Waals surface area contributed by atoms with Crippen LogP contribution in [-0.2, 0) is 0 Å². The van der Waals surface area contributed by atoms with E-state index in [1.807, 2.05) is 26.4 Å². The molecule has 0 saturated heterocycles. The van der Waals surface area contributed by atoms with Crippen molar-refractivity contribution in [3.63, 3.8) is 0 Å². The van der Waals surface area contributed by atoms with Crippen LogP contribution in [0.15, 0.2) is 25.0 Å². The molecule has 6 nitrogen and oxygen atoms in total. The summed E-state index contributed by atoms with van der Waals surface area (Å²) in [5.74, 6) is 0.901. The van der Waals surface area contributed by atoms with Crippen LogP contribution in [0.4, 0.5) is 17.2 Å². The predicted octanol–water partition coefficient (Wildman–Crippen LogP) is 1.51. The Morgan fingerprint density at radius 1 is 1.06 bits per heavy atom. The van der Waals surface area contributed by atoms with Crippen LogP contribution in [0, 0.1) is 6.92 Å². The van der Waals surface area contributed by atoms with Crippen molar-refractivity contribution in [3.05, 3.63) is 30.7 Å². The van der Waals surface area contributed by atoms with Crippen molar-refractivity contribution < 1.29 is 0 Å². The van der Waals surface area contributed by atoms with Crippen molar-refractivity contribution in [1.29, 1.82) is 0 Å². The van der Waals surface area contributed by atoms with Crippen LogP contribution in [0.3, 0.4) is 0 Å². The first-order valence-electron chi connectivity index (χ1n) is 5.79. The van der Waals surface area contributed by atoms with E-state index in [9.17, 15) is 0 Å². The van der Waals surface area contributed by atoms with Gasteiger partial charge in [-0.05, 0) is 13.8 Å². The van der Waals surface area contributed by atoms with Crippen LogP contribution in [0.2, 0.25) is 0 Å². The van der Waals surface area contributed by atoms with Gasteiger partial charge in [0.05, 0.1) is 23.8 Å². The van der Waals surface area contributed by atoms with Gasteiger partial charge in [0.25, 0.3) is 0 Å². The summed E-state index contributed by atoms with van der Waals surface area (Å²) in [7, 11) is 2.03. The SMILES string of the molecule is Cc1ncncc1N1c2ncncc2N(C)C1C. The lowest BCUT2D eigenvalue weighted by molar-refractivity contribution is 0.726. The number of nitrogens with zero attached hydrogens (tertiary/aromatic N) is 6. The Hall–Kier alpha value is -2.24. The Balaban J connectivity index is 2.16. The highest BCUT2D eigenvalue weighted by atomic mass is 15.4. The number of aromatic nitrogens is 4. The number of fused-ring (bicyclic) bond motifs is 1. The lowest BCUT2D eigenvalue weighted by atomic mass is 10.3. The highest BCUT2D eigenvalue weighted by Crippen LogP contribution is 2.41. The maximum atomic E-state index is 4.38. The van der Waals surface area contributed by atoms with E-state index in [1.165, 1.54) is 0 Å². The quantitative estimate of drug-likeness (QED) is 0.755. The fourth-order valence-corrected chi connectivity index (χ4v) is 2.24. The molecule has 0 amide bonds. The van der Waals surface area contributed by atoms with E-state index in [1.54, 1.807) is 12.7 Å². The van der Waals surface area contributed by atoms with Crippen molar-refractivity contribution in [3.8, 4) is 0 Å². The smallest absolute Gasteiger partial charge is 0.161 e. The molecule has 0 aromatic carbocycles. The average Bonchev–Trinajstić information content (AvgIpc) is 2.64. The van der Waals surface area contributed by atoms with E-state index in [-0.39, 0.29) is 6.17 Å². The fraction of sp³-hybridized carbons (Fsp3) is 0.333. The molecule has 1 atom stereocenters. The summed E-state index contributed by atoms with van der Waals surface area (Å²) in [4.78, 5) is 21.1. The van der Waals surface area contributed by atoms with Crippen LogP contribution in [0.5, 0.6) is 0 Å². The predicted molar refractivity (Wildman–Crippen MR) is 68.8 cm³/mol. The minimum Gasteiger partial charge on any atom is -0.350 e. The average molecular weight is 242 g/mol. The summed E-state index contributed by atoms with van der Waals surface area (Å²) in [5, 5.41) is 0. The zero-order chi connectivity index (χ0) is 12.7. The van der Waals surface area contributed by atoms with Crippen LogP contribution < -0.4 is 9.80 Å². The molecule has 0 spiro atoms. The van der Waals surface area contributed by atoms with Crippen LogP contribution in [0.25, 0.3) is 0 Å². The minimum atomic E-state index is 0.168.